The van der Waals surface area contributed by atoms with Crippen molar-refractivity contribution in [3.63, 3.8) is 0 Å². The van der Waals surface area contributed by atoms with Gasteiger partial charge in [-0.05, 0) is 0 Å². The molecule has 2 unspecified atom stereocenters. The standard InChI is InChI=1S/C8H13O7P/c1-14-7(10)5(4-16(3,12)13)6(9)8(11)15-2/h5H,4H2,1-3H3,(H,12,13). The minimum atomic E-state index is -3.62. The van der Waals surface area contributed by atoms with Gasteiger partial charge in [0.05, 0.1) is 14.2 Å². The summed E-state index contributed by atoms with van der Waals surface area (Å²) in [6, 6.07) is 0. The third kappa shape index (κ3) is 4.55. The quantitative estimate of drug-likeness (QED) is 0.302. The predicted molar refractivity (Wildman–Crippen MR) is 53.1 cm³/mol. The number of ketones is 1. The van der Waals surface area contributed by atoms with E-state index in [2.05, 4.69) is 9.47 Å². The van der Waals surface area contributed by atoms with E-state index in [1.807, 2.05) is 0 Å². The smallest absolute Gasteiger partial charge is 0.375 e. The molecule has 1 N–H and O–H groups in total. The van der Waals surface area contributed by atoms with Crippen molar-refractivity contribution in [2.75, 3.05) is 27.0 Å². The molecule has 0 saturated carbocycles. The molecule has 0 bridgehead atoms. The summed E-state index contributed by atoms with van der Waals surface area (Å²) in [6.07, 6.45) is -0.645. The van der Waals surface area contributed by atoms with Crippen LogP contribution in [0.25, 0.3) is 0 Å². The average Bonchev–Trinajstić information content (AvgIpc) is 2.21. The lowest BCUT2D eigenvalue weighted by Gasteiger charge is -2.13. The van der Waals surface area contributed by atoms with E-state index in [0.717, 1.165) is 20.9 Å². The Morgan fingerprint density at radius 1 is 1.25 bits per heavy atom. The van der Waals surface area contributed by atoms with Crippen LogP contribution in [-0.2, 0) is 28.4 Å². The zero-order chi connectivity index (χ0) is 12.9. The van der Waals surface area contributed by atoms with Gasteiger partial charge in [0.25, 0.3) is 5.78 Å². The number of methoxy groups -OCH3 is 2. The molecule has 0 aromatic heterocycles. The molecule has 7 nitrogen and oxygen atoms in total. The van der Waals surface area contributed by atoms with Crippen molar-refractivity contribution in [1.82, 2.24) is 0 Å². The van der Waals surface area contributed by atoms with Crippen LogP contribution in [0.5, 0.6) is 0 Å². The van der Waals surface area contributed by atoms with Gasteiger partial charge in [0.15, 0.2) is 7.37 Å². The van der Waals surface area contributed by atoms with Crippen molar-refractivity contribution >= 4 is 25.1 Å². The van der Waals surface area contributed by atoms with E-state index in [4.69, 9.17) is 4.89 Å². The largest absolute Gasteiger partial charge is 0.468 e. The first-order valence-corrected chi connectivity index (χ1v) is 6.51. The number of Topliss-reactive ketones (excluding diaryl/α,β-unsaturated/α-hetero) is 1. The molecule has 92 valence electrons. The van der Waals surface area contributed by atoms with Gasteiger partial charge in [0.1, 0.15) is 5.92 Å². The maximum absolute atomic E-state index is 11.3. The fraction of sp³-hybridized carbons (Fsp3) is 0.625. The van der Waals surface area contributed by atoms with E-state index in [1.54, 1.807) is 0 Å². The Labute approximate surface area is 92.2 Å². The lowest BCUT2D eigenvalue weighted by Crippen LogP contribution is -2.34. The Morgan fingerprint density at radius 2 is 1.75 bits per heavy atom. The number of hydrogen-bond donors (Lipinski definition) is 1. The maximum Gasteiger partial charge on any atom is 0.375 e. The van der Waals surface area contributed by atoms with Crippen LogP contribution in [-0.4, -0.2) is 49.7 Å². The van der Waals surface area contributed by atoms with Gasteiger partial charge < -0.3 is 14.4 Å². The van der Waals surface area contributed by atoms with Crippen LogP contribution in [0.15, 0.2) is 0 Å². The lowest BCUT2D eigenvalue weighted by atomic mass is 10.1. The summed E-state index contributed by atoms with van der Waals surface area (Å²) in [5.41, 5.74) is 0. The zero-order valence-corrected chi connectivity index (χ0v) is 10.0. The fourth-order valence-electron chi connectivity index (χ4n) is 0.988. The first-order chi connectivity index (χ1) is 7.22. The molecular weight excluding hydrogens is 239 g/mol. The number of esters is 2. The normalized spacial score (nSPS) is 15.8. The third-order valence-electron chi connectivity index (χ3n) is 1.71. The highest BCUT2D eigenvalue weighted by Crippen LogP contribution is 2.38. The van der Waals surface area contributed by atoms with Crippen molar-refractivity contribution in [3.8, 4) is 0 Å². The van der Waals surface area contributed by atoms with E-state index in [9.17, 15) is 18.9 Å². The topological polar surface area (TPSA) is 107 Å². The second kappa shape index (κ2) is 5.77. The van der Waals surface area contributed by atoms with Crippen LogP contribution in [0.1, 0.15) is 0 Å². The van der Waals surface area contributed by atoms with Crippen LogP contribution < -0.4 is 0 Å². The molecule has 8 heteroatoms. The Bertz CT molecular complexity index is 342. The highest BCUT2D eigenvalue weighted by molar-refractivity contribution is 7.57. The Kier molecular flexibility index (Phi) is 5.33. The SMILES string of the molecule is COC(=O)C(=O)C(CP(C)(=O)O)C(=O)OC. The second-order valence-corrected chi connectivity index (χ2v) is 5.63. The molecule has 0 aromatic carbocycles. The molecular formula is C8H13O7P. The molecule has 0 spiro atoms. The molecule has 0 amide bonds. The van der Waals surface area contributed by atoms with Gasteiger partial charge in [0.2, 0.25) is 0 Å². The van der Waals surface area contributed by atoms with Crippen molar-refractivity contribution in [2.24, 2.45) is 5.92 Å². The van der Waals surface area contributed by atoms with E-state index in [0.29, 0.717) is 0 Å². The molecule has 0 aliphatic carbocycles. The molecule has 0 rings (SSSR count). The van der Waals surface area contributed by atoms with Crippen molar-refractivity contribution in [1.29, 1.82) is 0 Å². The summed E-state index contributed by atoms with van der Waals surface area (Å²) >= 11 is 0. The van der Waals surface area contributed by atoms with Gasteiger partial charge in [-0.1, -0.05) is 0 Å². The Morgan fingerprint density at radius 3 is 2.06 bits per heavy atom. The number of rotatable bonds is 5. The van der Waals surface area contributed by atoms with Crippen molar-refractivity contribution < 1.29 is 33.3 Å². The predicted octanol–water partition coefficient (Wildman–Crippen LogP) is -0.582. The van der Waals surface area contributed by atoms with Gasteiger partial charge in [-0.25, -0.2) is 4.79 Å². The third-order valence-corrected chi connectivity index (χ3v) is 2.75. The number of ether oxygens (including phenoxy) is 2. The van der Waals surface area contributed by atoms with E-state index < -0.39 is 37.2 Å². The van der Waals surface area contributed by atoms with E-state index in [-0.39, 0.29) is 0 Å². The molecule has 0 aliphatic heterocycles. The van der Waals surface area contributed by atoms with Gasteiger partial charge in [-0.15, -0.1) is 0 Å². The molecule has 0 heterocycles. The Hall–Kier alpha value is -1.20. The van der Waals surface area contributed by atoms with E-state index in [1.165, 1.54) is 0 Å². The fourth-order valence-corrected chi connectivity index (χ4v) is 1.98. The van der Waals surface area contributed by atoms with Crippen LogP contribution in [0.2, 0.25) is 0 Å². The van der Waals surface area contributed by atoms with Gasteiger partial charge in [-0.3, -0.25) is 14.2 Å². The molecule has 0 saturated heterocycles. The summed E-state index contributed by atoms with van der Waals surface area (Å²) in [5.74, 6) is -5.07. The summed E-state index contributed by atoms with van der Waals surface area (Å²) in [4.78, 5) is 42.5. The minimum absolute atomic E-state index is 0.645. The lowest BCUT2D eigenvalue weighted by molar-refractivity contribution is -0.159. The van der Waals surface area contributed by atoms with Gasteiger partial charge >= 0.3 is 11.9 Å². The van der Waals surface area contributed by atoms with Crippen LogP contribution in [0.3, 0.4) is 0 Å². The van der Waals surface area contributed by atoms with Crippen molar-refractivity contribution in [2.45, 2.75) is 0 Å². The van der Waals surface area contributed by atoms with Crippen LogP contribution in [0, 0.1) is 5.92 Å². The number of carbonyl (C=O) groups excluding carboxylic acids is 3. The summed E-state index contributed by atoms with van der Waals surface area (Å²) in [6.45, 7) is 0.980. The summed E-state index contributed by atoms with van der Waals surface area (Å²) < 4.78 is 19.5. The summed E-state index contributed by atoms with van der Waals surface area (Å²) in [5, 5.41) is 0. The molecule has 0 aromatic rings. The number of carbonyl (C=O) groups is 3. The Balaban J connectivity index is 4.96. The molecule has 0 radical (unpaired) electrons. The van der Waals surface area contributed by atoms with Crippen LogP contribution in [0.4, 0.5) is 0 Å². The van der Waals surface area contributed by atoms with Gasteiger partial charge in [0, 0.05) is 12.8 Å². The number of hydrogen-bond acceptors (Lipinski definition) is 6. The molecule has 2 atom stereocenters. The van der Waals surface area contributed by atoms with E-state index >= 15 is 0 Å². The summed E-state index contributed by atoms with van der Waals surface area (Å²) in [7, 11) is -1.64. The maximum atomic E-state index is 11.3. The molecule has 0 fully saturated rings. The second-order valence-electron chi connectivity index (χ2n) is 3.17. The van der Waals surface area contributed by atoms with Gasteiger partial charge in [-0.2, -0.15) is 0 Å². The van der Waals surface area contributed by atoms with Crippen LogP contribution >= 0.6 is 7.37 Å². The first kappa shape index (κ1) is 14.8. The molecule has 16 heavy (non-hydrogen) atoms. The zero-order valence-electron chi connectivity index (χ0n) is 9.13. The average molecular weight is 252 g/mol. The molecule has 0 aliphatic rings. The minimum Gasteiger partial charge on any atom is -0.468 e. The van der Waals surface area contributed by atoms with Crippen molar-refractivity contribution in [3.05, 3.63) is 0 Å². The monoisotopic (exact) mass is 252 g/mol. The highest BCUT2D eigenvalue weighted by atomic mass is 31.2. The first-order valence-electron chi connectivity index (χ1n) is 4.22. The highest BCUT2D eigenvalue weighted by Gasteiger charge is 2.37.